The number of aromatic amines is 2. The van der Waals surface area contributed by atoms with Crippen LogP contribution in [-0.4, -0.2) is 31.1 Å². The van der Waals surface area contributed by atoms with Gasteiger partial charge in [0.15, 0.2) is 17.4 Å². The Balaban J connectivity index is 1.48. The third-order valence-electron chi connectivity index (χ3n) is 6.57. The number of rotatable bonds is 7. The molecule has 0 aliphatic rings. The van der Waals surface area contributed by atoms with Crippen molar-refractivity contribution in [2.75, 3.05) is 0 Å². The summed E-state index contributed by atoms with van der Waals surface area (Å²) >= 11 is 0. The molecule has 2 heterocycles. The number of aromatic nitrogens is 3. The molecule has 7 nitrogen and oxygen atoms in total. The van der Waals surface area contributed by atoms with E-state index in [1.165, 1.54) is 50.5 Å². The van der Waals surface area contributed by atoms with Gasteiger partial charge in [-0.2, -0.15) is 0 Å². The van der Waals surface area contributed by atoms with Gasteiger partial charge in [0.2, 0.25) is 0 Å². The molecule has 2 atom stereocenters. The van der Waals surface area contributed by atoms with E-state index in [4.69, 9.17) is 4.74 Å². The molecule has 0 saturated carbocycles. The van der Waals surface area contributed by atoms with Crippen molar-refractivity contribution in [3.05, 3.63) is 101 Å². The average molecular weight is 539 g/mol. The Morgan fingerprint density at radius 2 is 1.82 bits per heavy atom. The number of imidazole rings is 1. The predicted molar refractivity (Wildman–Crippen MR) is 133 cm³/mol. The van der Waals surface area contributed by atoms with Crippen LogP contribution in [0.15, 0.2) is 60.9 Å². The Morgan fingerprint density at radius 1 is 1.05 bits per heavy atom. The standard InChI is InChI=1S/C28H21F4N3O4/c1-13(27(36)37)14-7-15(9-16(29)8-14)28(2,38)23-12-34-26(35-23)19-10-17(3-4-20(19)30)39-25-21(31)11-22-18(24(25)32)5-6-33-22/h3-13,33,38H,1-2H3,(H,34,35)(H,36,37). The normalized spacial score (nSPS) is 13.8. The number of H-pyrrole nitrogens is 2. The number of aliphatic hydroxyl groups is 1. The highest BCUT2D eigenvalue weighted by molar-refractivity contribution is 5.82. The Kier molecular flexibility index (Phi) is 6.39. The largest absolute Gasteiger partial charge is 0.481 e. The van der Waals surface area contributed by atoms with Crippen LogP contribution in [0, 0.1) is 23.3 Å². The summed E-state index contributed by atoms with van der Waals surface area (Å²) in [5, 5.41) is 20.6. The monoisotopic (exact) mass is 539 g/mol. The van der Waals surface area contributed by atoms with E-state index in [0.717, 1.165) is 24.3 Å². The number of nitrogens with zero attached hydrogens (tertiary/aromatic N) is 1. The first-order chi connectivity index (χ1) is 18.5. The van der Waals surface area contributed by atoms with E-state index in [1.807, 2.05) is 0 Å². The van der Waals surface area contributed by atoms with Crippen molar-refractivity contribution in [2.24, 2.45) is 0 Å². The summed E-state index contributed by atoms with van der Waals surface area (Å²) in [5.41, 5.74) is -1.51. The number of halogens is 4. The van der Waals surface area contributed by atoms with Gasteiger partial charge in [-0.1, -0.05) is 6.07 Å². The number of nitrogens with one attached hydrogen (secondary N) is 2. The Labute approximate surface area is 218 Å². The number of carboxylic acid groups (broad SMARTS) is 1. The van der Waals surface area contributed by atoms with Gasteiger partial charge in [0.1, 0.15) is 28.8 Å². The van der Waals surface area contributed by atoms with Crippen LogP contribution in [0.3, 0.4) is 0 Å². The molecule has 0 radical (unpaired) electrons. The Hall–Kier alpha value is -4.64. The molecule has 39 heavy (non-hydrogen) atoms. The van der Waals surface area contributed by atoms with Crippen molar-refractivity contribution in [1.82, 2.24) is 15.0 Å². The molecule has 200 valence electrons. The zero-order valence-corrected chi connectivity index (χ0v) is 20.5. The quantitative estimate of drug-likeness (QED) is 0.180. The second-order valence-corrected chi connectivity index (χ2v) is 9.23. The fraction of sp³-hybridized carbons (Fsp3) is 0.143. The number of carboxylic acids is 1. The molecule has 0 saturated heterocycles. The minimum absolute atomic E-state index is 0.0458. The van der Waals surface area contributed by atoms with Gasteiger partial charge >= 0.3 is 5.97 Å². The number of hydrogen-bond acceptors (Lipinski definition) is 4. The molecular weight excluding hydrogens is 518 g/mol. The lowest BCUT2D eigenvalue weighted by atomic mass is 9.89. The molecule has 2 aromatic heterocycles. The van der Waals surface area contributed by atoms with Crippen LogP contribution in [0.2, 0.25) is 0 Å². The molecule has 3 aromatic carbocycles. The average Bonchev–Trinajstić information content (AvgIpc) is 3.57. The first-order valence-corrected chi connectivity index (χ1v) is 11.7. The van der Waals surface area contributed by atoms with Gasteiger partial charge in [-0.25, -0.2) is 22.5 Å². The second-order valence-electron chi connectivity index (χ2n) is 9.23. The molecule has 5 aromatic rings. The molecular formula is C28H21F4N3O4. The van der Waals surface area contributed by atoms with Gasteiger partial charge in [0.25, 0.3) is 0 Å². The highest BCUT2D eigenvalue weighted by Gasteiger charge is 2.30. The van der Waals surface area contributed by atoms with E-state index in [0.29, 0.717) is 0 Å². The van der Waals surface area contributed by atoms with Crippen LogP contribution in [0.25, 0.3) is 22.3 Å². The summed E-state index contributed by atoms with van der Waals surface area (Å²) in [6, 6.07) is 9.39. The lowest BCUT2D eigenvalue weighted by Gasteiger charge is -2.23. The van der Waals surface area contributed by atoms with Gasteiger partial charge in [0, 0.05) is 17.6 Å². The van der Waals surface area contributed by atoms with Gasteiger partial charge < -0.3 is 24.9 Å². The van der Waals surface area contributed by atoms with E-state index in [9.17, 15) is 32.6 Å². The zero-order valence-electron chi connectivity index (χ0n) is 20.5. The maximum Gasteiger partial charge on any atom is 0.310 e. The summed E-state index contributed by atoms with van der Waals surface area (Å²) in [7, 11) is 0. The third-order valence-corrected chi connectivity index (χ3v) is 6.57. The Morgan fingerprint density at radius 3 is 2.56 bits per heavy atom. The van der Waals surface area contributed by atoms with E-state index in [1.54, 1.807) is 0 Å². The van der Waals surface area contributed by atoms with Crippen LogP contribution in [0.5, 0.6) is 11.5 Å². The summed E-state index contributed by atoms with van der Waals surface area (Å²) in [4.78, 5) is 21.0. The second kappa shape index (κ2) is 9.59. The first kappa shape index (κ1) is 26.0. The van der Waals surface area contributed by atoms with E-state index in [-0.39, 0.29) is 44.9 Å². The van der Waals surface area contributed by atoms with Gasteiger partial charge in [-0.15, -0.1) is 0 Å². The van der Waals surface area contributed by atoms with Crippen molar-refractivity contribution >= 4 is 16.9 Å². The maximum absolute atomic E-state index is 14.8. The molecule has 0 bridgehead atoms. The number of benzene rings is 3. The van der Waals surface area contributed by atoms with Crippen molar-refractivity contribution in [3.8, 4) is 22.9 Å². The molecule has 0 fully saturated rings. The molecule has 0 spiro atoms. The van der Waals surface area contributed by atoms with Crippen LogP contribution in [0.1, 0.15) is 36.6 Å². The van der Waals surface area contributed by atoms with Crippen LogP contribution >= 0.6 is 0 Å². The Bertz CT molecular complexity index is 1730. The number of fused-ring (bicyclic) bond motifs is 1. The lowest BCUT2D eigenvalue weighted by Crippen LogP contribution is -2.24. The zero-order chi connectivity index (χ0) is 28.1. The van der Waals surface area contributed by atoms with Crippen molar-refractivity contribution in [3.63, 3.8) is 0 Å². The minimum Gasteiger partial charge on any atom is -0.481 e. The van der Waals surface area contributed by atoms with Crippen molar-refractivity contribution in [1.29, 1.82) is 0 Å². The van der Waals surface area contributed by atoms with Crippen molar-refractivity contribution in [2.45, 2.75) is 25.4 Å². The summed E-state index contributed by atoms with van der Waals surface area (Å²) in [6.45, 7) is 2.72. The fourth-order valence-corrected chi connectivity index (χ4v) is 4.22. The molecule has 2 unspecified atom stereocenters. The number of ether oxygens (including phenoxy) is 1. The fourth-order valence-electron chi connectivity index (χ4n) is 4.22. The van der Waals surface area contributed by atoms with E-state index < -0.39 is 46.5 Å². The SMILES string of the molecule is CC(C(=O)O)c1cc(F)cc(C(C)(O)c2cnc(-c3cc(Oc4c(F)cc5[nH]ccc5c4F)ccc3F)[nH]2)c1. The summed E-state index contributed by atoms with van der Waals surface area (Å²) in [6.07, 6.45) is 2.67. The third kappa shape index (κ3) is 4.72. The predicted octanol–water partition coefficient (Wildman–Crippen LogP) is 6.35. The summed E-state index contributed by atoms with van der Waals surface area (Å²) in [5.74, 6) is -6.38. The molecule has 4 N–H and O–H groups in total. The molecule has 0 aliphatic heterocycles. The smallest absolute Gasteiger partial charge is 0.310 e. The summed E-state index contributed by atoms with van der Waals surface area (Å²) < 4.78 is 63.9. The van der Waals surface area contributed by atoms with Gasteiger partial charge in [-0.3, -0.25) is 4.79 Å². The minimum atomic E-state index is -1.87. The van der Waals surface area contributed by atoms with E-state index >= 15 is 0 Å². The maximum atomic E-state index is 14.8. The molecule has 5 rings (SSSR count). The highest BCUT2D eigenvalue weighted by atomic mass is 19.1. The number of hydrogen-bond donors (Lipinski definition) is 4. The molecule has 11 heteroatoms. The van der Waals surface area contributed by atoms with Crippen LogP contribution in [-0.2, 0) is 10.4 Å². The topological polar surface area (TPSA) is 111 Å². The molecule has 0 aliphatic carbocycles. The van der Waals surface area contributed by atoms with E-state index in [2.05, 4.69) is 15.0 Å². The van der Waals surface area contributed by atoms with Crippen LogP contribution < -0.4 is 4.74 Å². The highest BCUT2D eigenvalue weighted by Crippen LogP contribution is 2.36. The van der Waals surface area contributed by atoms with Gasteiger partial charge in [0.05, 0.1) is 28.9 Å². The molecule has 0 amide bonds. The lowest BCUT2D eigenvalue weighted by molar-refractivity contribution is -0.138. The number of carbonyl (C=O) groups is 1. The van der Waals surface area contributed by atoms with Gasteiger partial charge in [-0.05, 0) is 61.4 Å². The first-order valence-electron chi connectivity index (χ1n) is 11.7. The van der Waals surface area contributed by atoms with Crippen LogP contribution in [0.4, 0.5) is 17.6 Å². The number of aliphatic carboxylic acids is 1. The van der Waals surface area contributed by atoms with Crippen molar-refractivity contribution < 1.29 is 37.3 Å².